The number of ether oxygens (including phenoxy) is 1. The number of nitrogens with zero attached hydrogens (tertiary/aromatic N) is 2. The van der Waals surface area contributed by atoms with Crippen LogP contribution in [-0.2, 0) is 14.9 Å². The van der Waals surface area contributed by atoms with Gasteiger partial charge in [0.1, 0.15) is 0 Å². The standard InChI is InChI=1S/C16H19ClN2O3S/c1-10(14-18-15(19-22-14)16(2,3)4)21-13(20)9-23-12-7-5-11(17)6-8-12/h5-8,10H,9H2,1-4H3. The second-order valence-corrected chi connectivity index (χ2v) is 7.57. The molecule has 1 unspecified atom stereocenters. The lowest BCUT2D eigenvalue weighted by molar-refractivity contribution is -0.146. The average molecular weight is 355 g/mol. The van der Waals surface area contributed by atoms with Crippen LogP contribution in [0, 0.1) is 0 Å². The molecule has 1 heterocycles. The Kier molecular flexibility index (Phi) is 5.70. The summed E-state index contributed by atoms with van der Waals surface area (Å²) in [5.41, 5.74) is -0.212. The van der Waals surface area contributed by atoms with Crippen molar-refractivity contribution in [1.82, 2.24) is 10.1 Å². The summed E-state index contributed by atoms with van der Waals surface area (Å²) in [6, 6.07) is 7.28. The topological polar surface area (TPSA) is 65.2 Å². The Bertz CT molecular complexity index is 665. The van der Waals surface area contributed by atoms with Crippen molar-refractivity contribution in [2.24, 2.45) is 0 Å². The van der Waals surface area contributed by atoms with Gasteiger partial charge in [-0.3, -0.25) is 4.79 Å². The highest BCUT2D eigenvalue weighted by Crippen LogP contribution is 2.24. The van der Waals surface area contributed by atoms with Crippen LogP contribution >= 0.6 is 23.4 Å². The highest BCUT2D eigenvalue weighted by Gasteiger charge is 2.24. The Balaban J connectivity index is 1.87. The van der Waals surface area contributed by atoms with Gasteiger partial charge in [-0.25, -0.2) is 0 Å². The molecule has 0 amide bonds. The maximum absolute atomic E-state index is 11.9. The number of hydrogen-bond donors (Lipinski definition) is 0. The number of esters is 1. The van der Waals surface area contributed by atoms with Crippen molar-refractivity contribution >= 4 is 29.3 Å². The zero-order valence-corrected chi connectivity index (χ0v) is 15.1. The summed E-state index contributed by atoms with van der Waals surface area (Å²) < 4.78 is 10.5. The van der Waals surface area contributed by atoms with Crippen molar-refractivity contribution in [2.45, 2.75) is 44.1 Å². The summed E-state index contributed by atoms with van der Waals surface area (Å²) in [5, 5.41) is 4.59. The van der Waals surface area contributed by atoms with Crippen LogP contribution in [0.15, 0.2) is 33.7 Å². The van der Waals surface area contributed by atoms with Gasteiger partial charge >= 0.3 is 5.97 Å². The van der Waals surface area contributed by atoms with Gasteiger partial charge in [0.2, 0.25) is 0 Å². The van der Waals surface area contributed by atoms with E-state index in [9.17, 15) is 4.79 Å². The quantitative estimate of drug-likeness (QED) is 0.585. The van der Waals surface area contributed by atoms with Crippen molar-refractivity contribution in [3.8, 4) is 0 Å². The van der Waals surface area contributed by atoms with E-state index in [1.807, 2.05) is 32.9 Å². The van der Waals surface area contributed by atoms with E-state index in [0.29, 0.717) is 16.7 Å². The molecule has 0 aliphatic heterocycles. The third-order valence-corrected chi connectivity index (χ3v) is 4.18. The van der Waals surface area contributed by atoms with Crippen molar-refractivity contribution in [3.05, 3.63) is 41.0 Å². The van der Waals surface area contributed by atoms with Crippen LogP contribution in [-0.4, -0.2) is 21.9 Å². The molecular formula is C16H19ClN2O3S. The Morgan fingerprint density at radius 2 is 2.00 bits per heavy atom. The van der Waals surface area contributed by atoms with Gasteiger partial charge in [0.15, 0.2) is 11.9 Å². The molecule has 124 valence electrons. The van der Waals surface area contributed by atoms with Crippen molar-refractivity contribution in [3.63, 3.8) is 0 Å². The summed E-state index contributed by atoms with van der Waals surface area (Å²) in [4.78, 5) is 17.1. The van der Waals surface area contributed by atoms with Crippen molar-refractivity contribution in [1.29, 1.82) is 0 Å². The van der Waals surface area contributed by atoms with Crippen LogP contribution in [0.3, 0.4) is 0 Å². The third-order valence-electron chi connectivity index (χ3n) is 2.94. The number of halogens is 1. The van der Waals surface area contributed by atoms with Gasteiger partial charge in [0.25, 0.3) is 5.89 Å². The zero-order valence-electron chi connectivity index (χ0n) is 13.5. The van der Waals surface area contributed by atoms with E-state index in [0.717, 1.165) is 4.90 Å². The van der Waals surface area contributed by atoms with E-state index in [1.54, 1.807) is 19.1 Å². The molecule has 1 atom stereocenters. The Labute approximate surface area is 144 Å². The summed E-state index contributed by atoms with van der Waals surface area (Å²) in [5.74, 6) is 0.755. The summed E-state index contributed by atoms with van der Waals surface area (Å²) >= 11 is 7.20. The molecule has 1 aromatic heterocycles. The van der Waals surface area contributed by atoms with Crippen LogP contribution in [0.2, 0.25) is 5.02 Å². The van der Waals surface area contributed by atoms with Crippen LogP contribution < -0.4 is 0 Å². The molecule has 1 aromatic carbocycles. The molecule has 0 bridgehead atoms. The number of carbonyl (C=O) groups is 1. The second-order valence-electron chi connectivity index (χ2n) is 6.08. The van der Waals surface area contributed by atoms with Crippen LogP contribution in [0.4, 0.5) is 0 Å². The Morgan fingerprint density at radius 3 is 2.57 bits per heavy atom. The van der Waals surface area contributed by atoms with E-state index in [1.165, 1.54) is 11.8 Å². The third kappa shape index (κ3) is 5.25. The van der Waals surface area contributed by atoms with E-state index in [2.05, 4.69) is 10.1 Å². The first-order valence-electron chi connectivity index (χ1n) is 7.17. The molecule has 2 aromatic rings. The molecular weight excluding hydrogens is 336 g/mol. The number of hydrogen-bond acceptors (Lipinski definition) is 6. The van der Waals surface area contributed by atoms with Crippen LogP contribution in [0.5, 0.6) is 0 Å². The number of thioether (sulfide) groups is 1. The van der Waals surface area contributed by atoms with Crippen LogP contribution in [0.25, 0.3) is 0 Å². The maximum Gasteiger partial charge on any atom is 0.317 e. The SMILES string of the molecule is CC(OC(=O)CSc1ccc(Cl)cc1)c1nc(C(C)(C)C)no1. The molecule has 0 aliphatic carbocycles. The smallest absolute Gasteiger partial charge is 0.317 e. The second kappa shape index (κ2) is 7.36. The molecule has 0 saturated carbocycles. The minimum absolute atomic E-state index is 0.201. The zero-order chi connectivity index (χ0) is 17.0. The maximum atomic E-state index is 11.9. The van der Waals surface area contributed by atoms with E-state index in [4.69, 9.17) is 20.9 Å². The first-order valence-corrected chi connectivity index (χ1v) is 8.54. The fourth-order valence-corrected chi connectivity index (χ4v) is 2.47. The molecule has 0 saturated heterocycles. The average Bonchev–Trinajstić information content (AvgIpc) is 2.96. The van der Waals surface area contributed by atoms with Gasteiger partial charge in [-0.2, -0.15) is 4.98 Å². The van der Waals surface area contributed by atoms with Crippen LogP contribution in [0.1, 0.15) is 45.5 Å². The number of benzene rings is 1. The van der Waals surface area contributed by atoms with Crippen molar-refractivity contribution < 1.29 is 14.1 Å². The molecule has 0 fully saturated rings. The highest BCUT2D eigenvalue weighted by atomic mass is 35.5. The molecule has 0 N–H and O–H groups in total. The Morgan fingerprint density at radius 1 is 1.35 bits per heavy atom. The van der Waals surface area contributed by atoms with E-state index in [-0.39, 0.29) is 17.1 Å². The molecule has 0 spiro atoms. The van der Waals surface area contributed by atoms with Gasteiger partial charge in [-0.15, -0.1) is 11.8 Å². The molecule has 7 heteroatoms. The predicted molar refractivity (Wildman–Crippen MR) is 89.7 cm³/mol. The largest absolute Gasteiger partial charge is 0.452 e. The molecule has 2 rings (SSSR count). The number of rotatable bonds is 5. The van der Waals surface area contributed by atoms with Crippen molar-refractivity contribution in [2.75, 3.05) is 5.75 Å². The first kappa shape index (κ1) is 17.8. The lowest BCUT2D eigenvalue weighted by Gasteiger charge is -2.11. The fourth-order valence-electron chi connectivity index (χ4n) is 1.66. The fraction of sp³-hybridized carbons (Fsp3) is 0.438. The van der Waals surface area contributed by atoms with Gasteiger partial charge in [-0.05, 0) is 31.2 Å². The highest BCUT2D eigenvalue weighted by molar-refractivity contribution is 8.00. The molecule has 5 nitrogen and oxygen atoms in total. The monoisotopic (exact) mass is 354 g/mol. The summed E-state index contributed by atoms with van der Waals surface area (Å²) in [7, 11) is 0. The molecule has 0 radical (unpaired) electrons. The van der Waals surface area contributed by atoms with Gasteiger partial charge in [0, 0.05) is 15.3 Å². The summed E-state index contributed by atoms with van der Waals surface area (Å²) in [6.07, 6.45) is -0.572. The Hall–Kier alpha value is -1.53. The first-order chi connectivity index (χ1) is 10.8. The van der Waals surface area contributed by atoms with E-state index < -0.39 is 6.10 Å². The van der Waals surface area contributed by atoms with E-state index >= 15 is 0 Å². The van der Waals surface area contributed by atoms with Gasteiger partial charge < -0.3 is 9.26 Å². The molecule has 0 aliphatic rings. The van der Waals surface area contributed by atoms with Gasteiger partial charge in [-0.1, -0.05) is 37.5 Å². The minimum atomic E-state index is -0.572. The minimum Gasteiger partial charge on any atom is -0.452 e. The normalized spacial score (nSPS) is 12.9. The lowest BCUT2D eigenvalue weighted by Crippen LogP contribution is -2.14. The summed E-state index contributed by atoms with van der Waals surface area (Å²) in [6.45, 7) is 7.67. The molecule has 23 heavy (non-hydrogen) atoms. The lowest BCUT2D eigenvalue weighted by atomic mass is 9.96. The number of carbonyl (C=O) groups excluding carboxylic acids is 1. The van der Waals surface area contributed by atoms with Gasteiger partial charge in [0.05, 0.1) is 5.75 Å². The number of aromatic nitrogens is 2. The predicted octanol–water partition coefficient (Wildman–Crippen LogP) is 4.42.